The number of hydrogen-bond acceptors (Lipinski definition) is 13. The summed E-state index contributed by atoms with van der Waals surface area (Å²) in [5, 5.41) is 20.4. The Balaban J connectivity index is 1.09. The molecule has 274 valence electrons. The van der Waals surface area contributed by atoms with Crippen molar-refractivity contribution in [3.8, 4) is 11.4 Å². The molecule has 10 rings (SSSR count). The number of nitrogens with zero attached hydrogens (tertiary/aromatic N) is 13. The summed E-state index contributed by atoms with van der Waals surface area (Å²) in [6.45, 7) is 4.97. The normalized spacial score (nSPS) is 14.5. The van der Waals surface area contributed by atoms with Crippen molar-refractivity contribution in [2.75, 3.05) is 56.7 Å². The van der Waals surface area contributed by atoms with E-state index in [1.807, 2.05) is 41.0 Å². The van der Waals surface area contributed by atoms with Gasteiger partial charge in [-0.2, -0.15) is 20.2 Å². The largest absolute Gasteiger partial charge is 0.383 e. The second-order valence-corrected chi connectivity index (χ2v) is 13.7. The van der Waals surface area contributed by atoms with Crippen LogP contribution in [0.1, 0.15) is 17.4 Å². The number of pyridine rings is 1. The van der Waals surface area contributed by atoms with Crippen molar-refractivity contribution in [2.24, 2.45) is 0 Å². The van der Waals surface area contributed by atoms with E-state index in [9.17, 15) is 0 Å². The number of anilines is 2. The number of ether oxygens (including phenoxy) is 1. The van der Waals surface area contributed by atoms with Crippen LogP contribution >= 0.6 is 11.6 Å². The number of aromatic amines is 2. The van der Waals surface area contributed by atoms with Crippen molar-refractivity contribution in [3.63, 3.8) is 0 Å². The SMILES string of the molecule is COCCN1CCN(c2ncc3nc(C(Nc4ncc5ncn(-c6ccc7cn[nH]c7c6)c5n4)c4ccc(Cl)nc4)n(-c4ccc5[nH]ncc5c4)c3n2)CC1. The maximum Gasteiger partial charge on any atom is 0.227 e. The Kier molecular flexibility index (Phi) is 8.23. The molecule has 3 N–H and O–H groups in total. The lowest BCUT2D eigenvalue weighted by molar-refractivity contribution is 0.144. The number of fused-ring (bicyclic) bond motifs is 4. The first-order chi connectivity index (χ1) is 27.1. The van der Waals surface area contributed by atoms with E-state index in [1.54, 1.807) is 50.5 Å². The second kappa shape index (κ2) is 13.7. The molecule has 0 spiro atoms. The molecule has 9 aromatic rings. The van der Waals surface area contributed by atoms with Crippen molar-refractivity contribution >= 4 is 67.6 Å². The lowest BCUT2D eigenvalue weighted by Gasteiger charge is -2.34. The van der Waals surface area contributed by atoms with Crippen LogP contribution in [0, 0.1) is 0 Å². The van der Waals surface area contributed by atoms with Crippen LogP contribution in [0.5, 0.6) is 0 Å². The van der Waals surface area contributed by atoms with Crippen LogP contribution in [-0.2, 0) is 4.74 Å². The Morgan fingerprint density at radius 3 is 2.45 bits per heavy atom. The zero-order chi connectivity index (χ0) is 36.9. The van der Waals surface area contributed by atoms with Gasteiger partial charge in [0.25, 0.3) is 0 Å². The molecule has 1 unspecified atom stereocenters. The summed E-state index contributed by atoms with van der Waals surface area (Å²) < 4.78 is 9.27. The highest BCUT2D eigenvalue weighted by molar-refractivity contribution is 6.29. The quantitative estimate of drug-likeness (QED) is 0.163. The lowest BCUT2D eigenvalue weighted by atomic mass is 10.1. The predicted molar refractivity (Wildman–Crippen MR) is 208 cm³/mol. The first-order valence-electron chi connectivity index (χ1n) is 17.7. The van der Waals surface area contributed by atoms with Crippen LogP contribution in [0.15, 0.2) is 85.8 Å². The van der Waals surface area contributed by atoms with Gasteiger partial charge in [-0.15, -0.1) is 0 Å². The van der Waals surface area contributed by atoms with Gasteiger partial charge in [-0.3, -0.25) is 24.2 Å². The summed E-state index contributed by atoms with van der Waals surface area (Å²) in [6, 6.07) is 15.2. The van der Waals surface area contributed by atoms with E-state index in [4.69, 9.17) is 41.3 Å². The number of rotatable bonds is 10. The zero-order valence-electron chi connectivity index (χ0n) is 29.5. The number of imidazole rings is 2. The van der Waals surface area contributed by atoms with E-state index in [0.29, 0.717) is 51.8 Å². The first kappa shape index (κ1) is 33.0. The lowest BCUT2D eigenvalue weighted by Crippen LogP contribution is -2.47. The molecule has 8 heterocycles. The van der Waals surface area contributed by atoms with Crippen LogP contribution < -0.4 is 10.2 Å². The average Bonchev–Trinajstić information content (AvgIpc) is 4.04. The third-order valence-corrected chi connectivity index (χ3v) is 10.2. The summed E-state index contributed by atoms with van der Waals surface area (Å²) in [5.74, 6) is 1.63. The smallest absolute Gasteiger partial charge is 0.227 e. The van der Waals surface area contributed by atoms with Crippen LogP contribution in [0.4, 0.5) is 11.9 Å². The van der Waals surface area contributed by atoms with Gasteiger partial charge in [0.15, 0.2) is 11.3 Å². The molecule has 7 aromatic heterocycles. The van der Waals surface area contributed by atoms with E-state index in [1.165, 1.54) is 0 Å². The minimum absolute atomic E-state index is 0.360. The Bertz CT molecular complexity index is 2800. The van der Waals surface area contributed by atoms with Crippen LogP contribution in [0.2, 0.25) is 5.15 Å². The number of hydrogen-bond donors (Lipinski definition) is 3. The molecule has 1 saturated heterocycles. The molecular weight excluding hydrogens is 720 g/mol. The fourth-order valence-electron chi connectivity index (χ4n) is 7.07. The summed E-state index contributed by atoms with van der Waals surface area (Å²) in [4.78, 5) is 38.5. The number of benzene rings is 2. The molecule has 0 aliphatic carbocycles. The van der Waals surface area contributed by atoms with Gasteiger partial charge >= 0.3 is 0 Å². The number of nitrogens with one attached hydrogen (secondary N) is 3. The Morgan fingerprint density at radius 2 is 1.60 bits per heavy atom. The molecule has 1 atom stereocenters. The van der Waals surface area contributed by atoms with E-state index in [-0.39, 0.29) is 0 Å². The number of H-pyrrole nitrogens is 2. The fourth-order valence-corrected chi connectivity index (χ4v) is 7.18. The van der Waals surface area contributed by atoms with E-state index in [2.05, 4.69) is 56.1 Å². The molecular formula is C37H33ClN16O. The highest BCUT2D eigenvalue weighted by Crippen LogP contribution is 2.33. The van der Waals surface area contributed by atoms with E-state index >= 15 is 0 Å². The summed E-state index contributed by atoms with van der Waals surface area (Å²) in [6.07, 6.45) is 10.6. The van der Waals surface area contributed by atoms with Crippen molar-refractivity contribution in [2.45, 2.75) is 6.04 Å². The van der Waals surface area contributed by atoms with Gasteiger partial charge in [0, 0.05) is 68.1 Å². The van der Waals surface area contributed by atoms with E-state index in [0.717, 1.165) is 71.5 Å². The van der Waals surface area contributed by atoms with Crippen LogP contribution in [-0.4, -0.2) is 116 Å². The third-order valence-electron chi connectivity index (χ3n) is 9.97. The number of halogens is 1. The third kappa shape index (κ3) is 6.13. The summed E-state index contributed by atoms with van der Waals surface area (Å²) in [7, 11) is 1.73. The highest BCUT2D eigenvalue weighted by atomic mass is 35.5. The van der Waals surface area contributed by atoms with Crippen molar-refractivity contribution in [1.29, 1.82) is 0 Å². The molecule has 0 amide bonds. The van der Waals surface area contributed by atoms with Gasteiger partial charge in [0.05, 0.1) is 48.1 Å². The Hall–Kier alpha value is -6.56. The molecule has 18 heteroatoms. The molecule has 0 bridgehead atoms. The molecule has 0 radical (unpaired) electrons. The number of methoxy groups -OCH3 is 1. The van der Waals surface area contributed by atoms with Gasteiger partial charge in [0.1, 0.15) is 34.4 Å². The zero-order valence-corrected chi connectivity index (χ0v) is 30.3. The topological polar surface area (TPSA) is 185 Å². The Morgan fingerprint density at radius 1 is 0.764 bits per heavy atom. The number of aromatic nitrogens is 13. The minimum Gasteiger partial charge on any atom is -0.383 e. The molecule has 1 fully saturated rings. The average molecular weight is 753 g/mol. The maximum atomic E-state index is 6.31. The van der Waals surface area contributed by atoms with E-state index < -0.39 is 6.04 Å². The second-order valence-electron chi connectivity index (χ2n) is 13.3. The highest BCUT2D eigenvalue weighted by Gasteiger charge is 2.28. The monoisotopic (exact) mass is 752 g/mol. The van der Waals surface area contributed by atoms with Gasteiger partial charge in [-0.25, -0.2) is 24.9 Å². The van der Waals surface area contributed by atoms with Crippen molar-refractivity contribution in [1.82, 2.24) is 69.3 Å². The first-order valence-corrected chi connectivity index (χ1v) is 18.1. The maximum absolute atomic E-state index is 6.31. The molecule has 55 heavy (non-hydrogen) atoms. The standard InChI is InChI=1S/C37H33ClN16O/c1-55-13-12-51-8-10-52(11-9-51)37-41-20-30-34(48-37)54(26-5-6-27-24(14-26)18-44-49-27)35(45-30)32(23-3-7-31(38)39-16-23)46-36-40-19-29-33(47-36)53(21-42-29)25-4-2-22-17-43-50-28(22)15-25/h2-7,14-21,32H,8-13H2,1H3,(H,43,50)(H,44,49)(H,40,46,47). The minimum atomic E-state index is -0.609. The van der Waals surface area contributed by atoms with Gasteiger partial charge in [0.2, 0.25) is 11.9 Å². The predicted octanol–water partition coefficient (Wildman–Crippen LogP) is 4.72. The van der Waals surface area contributed by atoms with Crippen LogP contribution in [0.25, 0.3) is 55.5 Å². The van der Waals surface area contributed by atoms with Crippen molar-refractivity contribution in [3.05, 3.63) is 102 Å². The molecule has 0 saturated carbocycles. The van der Waals surface area contributed by atoms with Gasteiger partial charge < -0.3 is 15.0 Å². The van der Waals surface area contributed by atoms with Gasteiger partial charge in [-0.1, -0.05) is 17.7 Å². The summed E-state index contributed by atoms with van der Waals surface area (Å²) >= 11 is 6.31. The number of piperazine rings is 1. The Labute approximate surface area is 317 Å². The van der Waals surface area contributed by atoms with Crippen molar-refractivity contribution < 1.29 is 4.74 Å². The molecule has 1 aliphatic rings. The molecule has 2 aromatic carbocycles. The fraction of sp³-hybridized carbons (Fsp3) is 0.216. The molecule has 17 nitrogen and oxygen atoms in total. The van der Waals surface area contributed by atoms with Crippen LogP contribution in [0.3, 0.4) is 0 Å². The molecule has 1 aliphatic heterocycles. The van der Waals surface area contributed by atoms with Gasteiger partial charge in [-0.05, 0) is 42.5 Å². The summed E-state index contributed by atoms with van der Waals surface area (Å²) in [5.41, 5.74) is 6.88.